The molecule has 2 heterocycles. The van der Waals surface area contributed by atoms with Gasteiger partial charge in [-0.25, -0.2) is 0 Å². The number of hydrogen-bond donors (Lipinski definition) is 0. The summed E-state index contributed by atoms with van der Waals surface area (Å²) in [7, 11) is 0. The molecular weight excluding hydrogens is 380 g/mol. The number of hydrogen-bond acceptors (Lipinski definition) is 5. The number of piperazine rings is 1. The highest BCUT2D eigenvalue weighted by molar-refractivity contribution is 5.78. The van der Waals surface area contributed by atoms with Gasteiger partial charge in [0.25, 0.3) is 5.91 Å². The molecule has 4 rings (SSSR count). The first-order chi connectivity index (χ1) is 14.8. The van der Waals surface area contributed by atoms with Crippen LogP contribution in [0.1, 0.15) is 11.3 Å². The number of furan rings is 1. The van der Waals surface area contributed by atoms with E-state index in [1.165, 1.54) is 0 Å². The van der Waals surface area contributed by atoms with Crippen molar-refractivity contribution in [3.05, 3.63) is 84.3 Å². The third kappa shape index (κ3) is 5.42. The predicted molar refractivity (Wildman–Crippen MR) is 113 cm³/mol. The van der Waals surface area contributed by atoms with Crippen molar-refractivity contribution < 1.29 is 18.7 Å². The number of carbonyl (C=O) groups excluding carboxylic acids is 1. The minimum absolute atomic E-state index is 0.00386. The van der Waals surface area contributed by atoms with E-state index in [9.17, 15) is 4.79 Å². The fourth-order valence-corrected chi connectivity index (χ4v) is 3.43. The van der Waals surface area contributed by atoms with Crippen LogP contribution in [0.15, 0.2) is 77.4 Å². The minimum Gasteiger partial charge on any atom is -0.485 e. The van der Waals surface area contributed by atoms with Gasteiger partial charge in [0.2, 0.25) is 0 Å². The summed E-state index contributed by atoms with van der Waals surface area (Å²) in [6.07, 6.45) is 1.69. The molecule has 0 N–H and O–H groups in total. The Morgan fingerprint density at radius 1 is 0.833 bits per heavy atom. The normalized spacial score (nSPS) is 14.5. The van der Waals surface area contributed by atoms with E-state index in [1.54, 1.807) is 6.26 Å². The van der Waals surface area contributed by atoms with Crippen molar-refractivity contribution in [1.82, 2.24) is 9.80 Å². The van der Waals surface area contributed by atoms with Crippen LogP contribution in [0.4, 0.5) is 0 Å². The topological polar surface area (TPSA) is 55.2 Å². The largest absolute Gasteiger partial charge is 0.485 e. The molecule has 1 aliphatic rings. The SMILES string of the molecule is O=C(COc1ccccc1OCc1ccccc1)N1CCN(Cc2ccco2)CC1. The zero-order valence-corrected chi connectivity index (χ0v) is 16.9. The van der Waals surface area contributed by atoms with E-state index in [-0.39, 0.29) is 12.5 Å². The Labute approximate surface area is 176 Å². The third-order valence-corrected chi connectivity index (χ3v) is 5.12. The lowest BCUT2D eigenvalue weighted by molar-refractivity contribution is -0.135. The van der Waals surface area contributed by atoms with Crippen LogP contribution >= 0.6 is 0 Å². The molecule has 3 aromatic rings. The molecule has 6 nitrogen and oxygen atoms in total. The summed E-state index contributed by atoms with van der Waals surface area (Å²) < 4.78 is 17.1. The second kappa shape index (κ2) is 9.98. The maximum Gasteiger partial charge on any atom is 0.260 e. The second-order valence-corrected chi connectivity index (χ2v) is 7.25. The molecule has 1 amide bonds. The highest BCUT2D eigenvalue weighted by Crippen LogP contribution is 2.27. The molecule has 2 aromatic carbocycles. The zero-order chi connectivity index (χ0) is 20.6. The fourth-order valence-electron chi connectivity index (χ4n) is 3.43. The van der Waals surface area contributed by atoms with Gasteiger partial charge in [-0.3, -0.25) is 9.69 Å². The van der Waals surface area contributed by atoms with E-state index < -0.39 is 0 Å². The van der Waals surface area contributed by atoms with Crippen LogP contribution in [0, 0.1) is 0 Å². The monoisotopic (exact) mass is 406 g/mol. The number of nitrogens with zero attached hydrogens (tertiary/aromatic N) is 2. The van der Waals surface area contributed by atoms with Crippen molar-refractivity contribution in [3.8, 4) is 11.5 Å². The smallest absolute Gasteiger partial charge is 0.260 e. The van der Waals surface area contributed by atoms with Gasteiger partial charge in [-0.05, 0) is 29.8 Å². The van der Waals surface area contributed by atoms with Gasteiger partial charge in [0, 0.05) is 26.2 Å². The fraction of sp³-hybridized carbons (Fsp3) is 0.292. The molecule has 156 valence electrons. The van der Waals surface area contributed by atoms with E-state index in [1.807, 2.05) is 71.6 Å². The van der Waals surface area contributed by atoms with Crippen LogP contribution in [0.3, 0.4) is 0 Å². The molecule has 6 heteroatoms. The van der Waals surface area contributed by atoms with Gasteiger partial charge in [0.15, 0.2) is 18.1 Å². The van der Waals surface area contributed by atoms with Gasteiger partial charge in [0.05, 0.1) is 12.8 Å². The summed E-state index contributed by atoms with van der Waals surface area (Å²) in [6, 6.07) is 21.3. The Morgan fingerprint density at radius 3 is 2.23 bits per heavy atom. The number of carbonyl (C=O) groups is 1. The van der Waals surface area contributed by atoms with Crippen molar-refractivity contribution in [2.45, 2.75) is 13.2 Å². The minimum atomic E-state index is -0.00879. The van der Waals surface area contributed by atoms with Crippen molar-refractivity contribution >= 4 is 5.91 Å². The summed E-state index contributed by atoms with van der Waals surface area (Å²) >= 11 is 0. The quantitative estimate of drug-likeness (QED) is 0.572. The highest BCUT2D eigenvalue weighted by atomic mass is 16.5. The van der Waals surface area contributed by atoms with E-state index in [4.69, 9.17) is 13.9 Å². The number of ether oxygens (including phenoxy) is 2. The summed E-state index contributed by atoms with van der Waals surface area (Å²) in [6.45, 7) is 4.25. The summed E-state index contributed by atoms with van der Waals surface area (Å²) in [5.41, 5.74) is 1.08. The van der Waals surface area contributed by atoms with Crippen LogP contribution in [0.25, 0.3) is 0 Å². The lowest BCUT2D eigenvalue weighted by Gasteiger charge is -2.34. The molecule has 0 saturated carbocycles. The highest BCUT2D eigenvalue weighted by Gasteiger charge is 2.22. The summed E-state index contributed by atoms with van der Waals surface area (Å²) in [4.78, 5) is 16.7. The van der Waals surface area contributed by atoms with Crippen LogP contribution in [-0.4, -0.2) is 48.5 Å². The Morgan fingerprint density at radius 2 is 1.53 bits per heavy atom. The zero-order valence-electron chi connectivity index (χ0n) is 16.9. The average Bonchev–Trinajstić information content (AvgIpc) is 3.31. The van der Waals surface area contributed by atoms with Gasteiger partial charge < -0.3 is 18.8 Å². The van der Waals surface area contributed by atoms with Crippen molar-refractivity contribution in [2.24, 2.45) is 0 Å². The predicted octanol–water partition coefficient (Wildman–Crippen LogP) is 3.58. The molecule has 1 saturated heterocycles. The van der Waals surface area contributed by atoms with Crippen molar-refractivity contribution in [3.63, 3.8) is 0 Å². The van der Waals surface area contributed by atoms with Crippen molar-refractivity contribution in [1.29, 1.82) is 0 Å². The lowest BCUT2D eigenvalue weighted by atomic mass is 10.2. The van der Waals surface area contributed by atoms with Gasteiger partial charge in [-0.15, -0.1) is 0 Å². The number of para-hydroxylation sites is 2. The maximum atomic E-state index is 12.6. The maximum absolute atomic E-state index is 12.6. The molecule has 30 heavy (non-hydrogen) atoms. The van der Waals surface area contributed by atoms with Crippen LogP contribution in [-0.2, 0) is 17.9 Å². The van der Waals surface area contributed by atoms with Crippen molar-refractivity contribution in [2.75, 3.05) is 32.8 Å². The molecule has 0 aliphatic carbocycles. The Bertz CT molecular complexity index is 919. The molecule has 1 fully saturated rings. The second-order valence-electron chi connectivity index (χ2n) is 7.25. The van der Waals surface area contributed by atoms with E-state index in [0.29, 0.717) is 31.2 Å². The van der Waals surface area contributed by atoms with E-state index in [2.05, 4.69) is 4.90 Å². The number of amides is 1. The van der Waals surface area contributed by atoms with Gasteiger partial charge in [0.1, 0.15) is 12.4 Å². The molecule has 0 spiro atoms. The third-order valence-electron chi connectivity index (χ3n) is 5.12. The number of rotatable bonds is 8. The Kier molecular flexibility index (Phi) is 6.67. The molecule has 0 atom stereocenters. The van der Waals surface area contributed by atoms with Crippen LogP contribution in [0.5, 0.6) is 11.5 Å². The summed E-state index contributed by atoms with van der Waals surface area (Å²) in [5.74, 6) is 2.16. The first-order valence-electron chi connectivity index (χ1n) is 10.2. The van der Waals surface area contributed by atoms with Gasteiger partial charge in [-0.2, -0.15) is 0 Å². The van der Waals surface area contributed by atoms with Gasteiger partial charge >= 0.3 is 0 Å². The molecule has 1 aliphatic heterocycles. The average molecular weight is 406 g/mol. The van der Waals surface area contributed by atoms with Gasteiger partial charge in [-0.1, -0.05) is 42.5 Å². The summed E-state index contributed by atoms with van der Waals surface area (Å²) in [5, 5.41) is 0. The first kappa shape index (κ1) is 20.0. The number of benzene rings is 2. The van der Waals surface area contributed by atoms with E-state index in [0.717, 1.165) is 31.0 Å². The lowest BCUT2D eigenvalue weighted by Crippen LogP contribution is -2.49. The van der Waals surface area contributed by atoms with Crippen LogP contribution in [0.2, 0.25) is 0 Å². The van der Waals surface area contributed by atoms with E-state index >= 15 is 0 Å². The molecule has 0 bridgehead atoms. The molecule has 0 unspecified atom stereocenters. The Hall–Kier alpha value is -3.25. The molecular formula is C24H26N2O4. The molecule has 0 radical (unpaired) electrons. The standard InChI is InChI=1S/C24H26N2O4/c27-24(26-14-12-25(13-15-26)17-21-9-6-16-28-21)19-30-23-11-5-4-10-22(23)29-18-20-7-2-1-3-8-20/h1-11,16H,12-15,17-19H2. The Balaban J connectivity index is 1.25. The molecule has 1 aromatic heterocycles. The van der Waals surface area contributed by atoms with Crippen LogP contribution < -0.4 is 9.47 Å². The first-order valence-corrected chi connectivity index (χ1v) is 10.2.